The number of aryl methyl sites for hydroxylation is 3. The average molecular weight is 442 g/mol. The first-order chi connectivity index (χ1) is 16.0. The lowest BCUT2D eigenvalue weighted by molar-refractivity contribution is -0.121. The first-order valence-electron chi connectivity index (χ1n) is 11.5. The van der Waals surface area contributed by atoms with Gasteiger partial charge in [-0.1, -0.05) is 48.5 Å². The van der Waals surface area contributed by atoms with Gasteiger partial charge in [0.25, 0.3) is 0 Å². The van der Waals surface area contributed by atoms with Crippen molar-refractivity contribution in [2.75, 3.05) is 6.61 Å². The first-order valence-corrected chi connectivity index (χ1v) is 11.5. The minimum absolute atomic E-state index is 0.0244. The molecule has 33 heavy (non-hydrogen) atoms. The van der Waals surface area contributed by atoms with Gasteiger partial charge in [0.05, 0.1) is 23.6 Å². The summed E-state index contributed by atoms with van der Waals surface area (Å²) in [5, 5.41) is 3.13. The second-order valence-corrected chi connectivity index (χ2v) is 8.48. The van der Waals surface area contributed by atoms with Crippen molar-refractivity contribution >= 4 is 16.9 Å². The Morgan fingerprint density at radius 3 is 2.55 bits per heavy atom. The van der Waals surface area contributed by atoms with E-state index in [-0.39, 0.29) is 11.9 Å². The summed E-state index contributed by atoms with van der Waals surface area (Å²) in [4.78, 5) is 17.4. The third-order valence-corrected chi connectivity index (χ3v) is 5.99. The van der Waals surface area contributed by atoms with Crippen molar-refractivity contribution in [3.8, 4) is 5.75 Å². The Morgan fingerprint density at radius 1 is 1.00 bits per heavy atom. The molecule has 5 nitrogen and oxygen atoms in total. The molecular formula is C28H31N3O2. The average Bonchev–Trinajstić information content (AvgIpc) is 3.19. The molecule has 0 spiro atoms. The lowest BCUT2D eigenvalue weighted by Crippen LogP contribution is -2.29. The fourth-order valence-corrected chi connectivity index (χ4v) is 4.00. The molecule has 0 fully saturated rings. The van der Waals surface area contributed by atoms with Gasteiger partial charge in [0.1, 0.15) is 18.2 Å². The zero-order valence-electron chi connectivity index (χ0n) is 19.5. The number of rotatable bonds is 9. The van der Waals surface area contributed by atoms with E-state index in [2.05, 4.69) is 41.9 Å². The Morgan fingerprint density at radius 2 is 1.76 bits per heavy atom. The van der Waals surface area contributed by atoms with Crippen LogP contribution in [0.2, 0.25) is 0 Å². The SMILES string of the molecule is Cc1ccc(OCCn2c(C(C)NC(=O)CCc3ccccc3)nc3ccccc32)cc1C. The molecule has 0 aliphatic carbocycles. The van der Waals surface area contributed by atoms with Crippen molar-refractivity contribution in [3.63, 3.8) is 0 Å². The predicted octanol–water partition coefficient (Wildman–Crippen LogP) is 5.54. The van der Waals surface area contributed by atoms with E-state index in [9.17, 15) is 4.79 Å². The van der Waals surface area contributed by atoms with Gasteiger partial charge in [-0.2, -0.15) is 0 Å². The number of aromatic nitrogens is 2. The van der Waals surface area contributed by atoms with E-state index in [1.54, 1.807) is 0 Å². The third kappa shape index (κ3) is 5.61. The molecule has 0 bridgehead atoms. The zero-order valence-corrected chi connectivity index (χ0v) is 19.5. The summed E-state index contributed by atoms with van der Waals surface area (Å²) in [6, 6.07) is 24.1. The van der Waals surface area contributed by atoms with Gasteiger partial charge in [-0.25, -0.2) is 4.98 Å². The molecule has 0 aliphatic heterocycles. The number of nitrogens with one attached hydrogen (secondary N) is 1. The van der Waals surface area contributed by atoms with E-state index < -0.39 is 0 Å². The summed E-state index contributed by atoms with van der Waals surface area (Å²) in [7, 11) is 0. The molecule has 0 saturated heterocycles. The van der Waals surface area contributed by atoms with E-state index in [0.29, 0.717) is 19.6 Å². The summed E-state index contributed by atoms with van der Waals surface area (Å²) in [6.45, 7) is 7.34. The van der Waals surface area contributed by atoms with E-state index in [1.807, 2.05) is 61.5 Å². The van der Waals surface area contributed by atoms with Crippen LogP contribution in [0.3, 0.4) is 0 Å². The fourth-order valence-electron chi connectivity index (χ4n) is 4.00. The third-order valence-electron chi connectivity index (χ3n) is 5.99. The van der Waals surface area contributed by atoms with E-state index in [0.717, 1.165) is 34.6 Å². The topological polar surface area (TPSA) is 56.1 Å². The molecule has 0 saturated carbocycles. The van der Waals surface area contributed by atoms with Crippen LogP contribution in [-0.2, 0) is 17.8 Å². The van der Waals surface area contributed by atoms with Crippen LogP contribution in [0, 0.1) is 13.8 Å². The molecule has 0 radical (unpaired) electrons. The highest BCUT2D eigenvalue weighted by Crippen LogP contribution is 2.22. The Bertz CT molecular complexity index is 1230. The molecule has 1 heterocycles. The number of carbonyl (C=O) groups is 1. The molecule has 4 rings (SSSR count). The predicted molar refractivity (Wildman–Crippen MR) is 132 cm³/mol. The Balaban J connectivity index is 1.44. The van der Waals surface area contributed by atoms with Crippen LogP contribution in [0.1, 0.15) is 41.9 Å². The first kappa shape index (κ1) is 22.6. The van der Waals surface area contributed by atoms with E-state index in [1.165, 1.54) is 11.1 Å². The van der Waals surface area contributed by atoms with Crippen LogP contribution in [0.15, 0.2) is 72.8 Å². The minimum Gasteiger partial charge on any atom is -0.492 e. The number of ether oxygens (including phenoxy) is 1. The maximum absolute atomic E-state index is 12.6. The van der Waals surface area contributed by atoms with Gasteiger partial charge in [-0.15, -0.1) is 0 Å². The standard InChI is InChI=1S/C28H31N3O2/c1-20-13-15-24(19-21(20)2)33-18-17-31-26-12-8-7-11-25(26)30-28(31)22(3)29-27(32)16-14-23-9-5-4-6-10-23/h4-13,15,19,22H,14,16-18H2,1-3H3,(H,29,32). The maximum Gasteiger partial charge on any atom is 0.220 e. The highest BCUT2D eigenvalue weighted by molar-refractivity contribution is 5.78. The molecule has 1 atom stereocenters. The van der Waals surface area contributed by atoms with Crippen LogP contribution in [0.25, 0.3) is 11.0 Å². The summed E-state index contributed by atoms with van der Waals surface area (Å²) in [5.74, 6) is 1.73. The molecule has 4 aromatic rings. The summed E-state index contributed by atoms with van der Waals surface area (Å²) in [5.41, 5.74) is 5.59. The maximum atomic E-state index is 12.6. The van der Waals surface area contributed by atoms with Crippen molar-refractivity contribution in [1.82, 2.24) is 14.9 Å². The normalized spacial score (nSPS) is 12.0. The molecular weight excluding hydrogens is 410 g/mol. The largest absolute Gasteiger partial charge is 0.492 e. The molecule has 170 valence electrons. The van der Waals surface area contributed by atoms with Gasteiger partial charge in [0.15, 0.2) is 0 Å². The van der Waals surface area contributed by atoms with Crippen molar-refractivity contribution in [2.45, 2.75) is 46.2 Å². The number of hydrogen-bond acceptors (Lipinski definition) is 3. The van der Waals surface area contributed by atoms with Gasteiger partial charge < -0.3 is 14.6 Å². The molecule has 1 aromatic heterocycles. The second kappa shape index (κ2) is 10.3. The van der Waals surface area contributed by atoms with Crippen LogP contribution < -0.4 is 10.1 Å². The van der Waals surface area contributed by atoms with Gasteiger partial charge in [0, 0.05) is 6.42 Å². The monoisotopic (exact) mass is 441 g/mol. The highest BCUT2D eigenvalue weighted by atomic mass is 16.5. The quantitative estimate of drug-likeness (QED) is 0.371. The van der Waals surface area contributed by atoms with Crippen molar-refractivity contribution < 1.29 is 9.53 Å². The van der Waals surface area contributed by atoms with Crippen LogP contribution in [0.5, 0.6) is 5.75 Å². The van der Waals surface area contributed by atoms with E-state index in [4.69, 9.17) is 9.72 Å². The molecule has 5 heteroatoms. The van der Waals surface area contributed by atoms with Crippen molar-refractivity contribution in [2.24, 2.45) is 0 Å². The van der Waals surface area contributed by atoms with Gasteiger partial charge in [0.2, 0.25) is 5.91 Å². The van der Waals surface area contributed by atoms with Crippen molar-refractivity contribution in [1.29, 1.82) is 0 Å². The number of fused-ring (bicyclic) bond motifs is 1. The van der Waals surface area contributed by atoms with Gasteiger partial charge in [-0.05, 0) is 68.1 Å². The van der Waals surface area contributed by atoms with Crippen LogP contribution >= 0.6 is 0 Å². The van der Waals surface area contributed by atoms with Crippen LogP contribution in [0.4, 0.5) is 0 Å². The lowest BCUT2D eigenvalue weighted by Gasteiger charge is -2.17. The van der Waals surface area contributed by atoms with Crippen molar-refractivity contribution in [3.05, 3.63) is 95.3 Å². The molecule has 1 amide bonds. The Hall–Kier alpha value is -3.60. The number of hydrogen-bond donors (Lipinski definition) is 1. The molecule has 0 aliphatic rings. The number of amides is 1. The van der Waals surface area contributed by atoms with Gasteiger partial charge >= 0.3 is 0 Å². The summed E-state index contributed by atoms with van der Waals surface area (Å²) >= 11 is 0. The number of carbonyl (C=O) groups excluding carboxylic acids is 1. The number of para-hydroxylation sites is 2. The minimum atomic E-state index is -0.206. The number of imidazole rings is 1. The molecule has 1 unspecified atom stereocenters. The van der Waals surface area contributed by atoms with Crippen LogP contribution in [-0.4, -0.2) is 22.1 Å². The second-order valence-electron chi connectivity index (χ2n) is 8.48. The molecule has 3 aromatic carbocycles. The fraction of sp³-hybridized carbons (Fsp3) is 0.286. The van der Waals surface area contributed by atoms with Gasteiger partial charge in [-0.3, -0.25) is 4.79 Å². The number of nitrogens with zero attached hydrogens (tertiary/aromatic N) is 2. The number of benzene rings is 3. The Labute approximate surface area is 195 Å². The summed E-state index contributed by atoms with van der Waals surface area (Å²) in [6.07, 6.45) is 1.17. The highest BCUT2D eigenvalue weighted by Gasteiger charge is 2.18. The molecule has 1 N–H and O–H groups in total. The lowest BCUT2D eigenvalue weighted by atomic mass is 10.1. The smallest absolute Gasteiger partial charge is 0.220 e. The Kier molecular flexibility index (Phi) is 7.08. The zero-order chi connectivity index (χ0) is 23.2. The van der Waals surface area contributed by atoms with E-state index >= 15 is 0 Å². The summed E-state index contributed by atoms with van der Waals surface area (Å²) < 4.78 is 8.18.